The highest BCUT2D eigenvalue weighted by atomic mass is 35.5. The molecule has 1 heterocycles. The van der Waals surface area contributed by atoms with Crippen LogP contribution >= 0.6 is 11.6 Å². The van der Waals surface area contributed by atoms with Crippen LogP contribution in [0.5, 0.6) is 0 Å². The van der Waals surface area contributed by atoms with Crippen LogP contribution in [0.4, 0.5) is 0 Å². The van der Waals surface area contributed by atoms with Crippen molar-refractivity contribution in [3.63, 3.8) is 0 Å². The molecule has 0 aliphatic heterocycles. The summed E-state index contributed by atoms with van der Waals surface area (Å²) in [5.74, 6) is -0.991. The van der Waals surface area contributed by atoms with E-state index in [9.17, 15) is 4.79 Å². The molecule has 0 aliphatic rings. The van der Waals surface area contributed by atoms with Gasteiger partial charge in [-0.1, -0.05) is 11.6 Å². The quantitative estimate of drug-likeness (QED) is 0.892. The number of halogens is 1. The summed E-state index contributed by atoms with van der Waals surface area (Å²) in [7, 11) is 0. The zero-order valence-corrected chi connectivity index (χ0v) is 10.2. The summed E-state index contributed by atoms with van der Waals surface area (Å²) in [6.45, 7) is 3.55. The number of hydrogen-bond acceptors (Lipinski definition) is 2. The van der Waals surface area contributed by atoms with Gasteiger partial charge in [-0.05, 0) is 37.6 Å². The molecule has 0 radical (unpaired) electrons. The predicted octanol–water partition coefficient (Wildman–Crippen LogP) is 2.84. The summed E-state index contributed by atoms with van der Waals surface area (Å²) in [5, 5.41) is 9.78. The second-order valence-corrected chi connectivity index (χ2v) is 4.22. The molecular formula is C12H11ClN2O2. The fourth-order valence-corrected chi connectivity index (χ4v) is 1.99. The van der Waals surface area contributed by atoms with Crippen LogP contribution < -0.4 is 0 Å². The predicted molar refractivity (Wildman–Crippen MR) is 65.0 cm³/mol. The van der Waals surface area contributed by atoms with Gasteiger partial charge in [0.05, 0.1) is 11.4 Å². The lowest BCUT2D eigenvalue weighted by Crippen LogP contribution is -2.08. The number of rotatable bonds is 2. The van der Waals surface area contributed by atoms with Crippen LogP contribution in [0.3, 0.4) is 0 Å². The molecular weight excluding hydrogens is 240 g/mol. The Kier molecular flexibility index (Phi) is 2.90. The van der Waals surface area contributed by atoms with E-state index in [0.717, 1.165) is 11.3 Å². The molecule has 0 saturated carbocycles. The molecule has 2 aromatic rings. The Morgan fingerprint density at radius 1 is 1.41 bits per heavy atom. The van der Waals surface area contributed by atoms with E-state index in [1.807, 2.05) is 6.92 Å². The molecule has 5 heteroatoms. The molecule has 0 bridgehead atoms. The summed E-state index contributed by atoms with van der Waals surface area (Å²) < 4.78 is 1.56. The standard InChI is InChI=1S/C12H11ClN2O2/c1-7-5-9(13)3-4-10(7)15-6-14-8(2)11(15)12(16)17/h3-6H,1-2H3,(H,16,17). The highest BCUT2D eigenvalue weighted by Crippen LogP contribution is 2.21. The van der Waals surface area contributed by atoms with Crippen molar-refractivity contribution < 1.29 is 9.90 Å². The highest BCUT2D eigenvalue weighted by molar-refractivity contribution is 6.30. The third-order valence-corrected chi connectivity index (χ3v) is 2.81. The topological polar surface area (TPSA) is 55.1 Å². The Hall–Kier alpha value is -1.81. The van der Waals surface area contributed by atoms with Crippen molar-refractivity contribution in [3.05, 3.63) is 46.5 Å². The molecule has 0 amide bonds. The molecule has 4 nitrogen and oxygen atoms in total. The van der Waals surface area contributed by atoms with Gasteiger partial charge in [-0.2, -0.15) is 0 Å². The van der Waals surface area contributed by atoms with Crippen LogP contribution in [0.25, 0.3) is 5.69 Å². The Labute approximate surface area is 103 Å². The number of aromatic nitrogens is 2. The van der Waals surface area contributed by atoms with Gasteiger partial charge in [0.15, 0.2) is 5.69 Å². The average molecular weight is 251 g/mol. The summed E-state index contributed by atoms with van der Waals surface area (Å²) in [6, 6.07) is 5.30. The van der Waals surface area contributed by atoms with E-state index in [0.29, 0.717) is 10.7 Å². The van der Waals surface area contributed by atoms with Gasteiger partial charge in [-0.3, -0.25) is 4.57 Å². The zero-order valence-electron chi connectivity index (χ0n) is 9.44. The normalized spacial score (nSPS) is 10.5. The maximum Gasteiger partial charge on any atom is 0.354 e. The third kappa shape index (κ3) is 2.03. The van der Waals surface area contributed by atoms with Crippen molar-refractivity contribution in [1.82, 2.24) is 9.55 Å². The van der Waals surface area contributed by atoms with E-state index in [-0.39, 0.29) is 5.69 Å². The second-order valence-electron chi connectivity index (χ2n) is 3.78. The minimum absolute atomic E-state index is 0.176. The Morgan fingerprint density at radius 3 is 2.71 bits per heavy atom. The van der Waals surface area contributed by atoms with E-state index in [4.69, 9.17) is 16.7 Å². The molecule has 1 N–H and O–H groups in total. The summed E-state index contributed by atoms with van der Waals surface area (Å²) in [5.41, 5.74) is 2.34. The van der Waals surface area contributed by atoms with Crippen LogP contribution in [0.15, 0.2) is 24.5 Å². The molecule has 0 unspecified atom stereocenters. The number of aromatic carboxylic acids is 1. The lowest BCUT2D eigenvalue weighted by molar-refractivity contribution is 0.0687. The number of imidazole rings is 1. The van der Waals surface area contributed by atoms with Crippen LogP contribution in [0, 0.1) is 13.8 Å². The van der Waals surface area contributed by atoms with Crippen molar-refractivity contribution in [1.29, 1.82) is 0 Å². The molecule has 0 saturated heterocycles. The van der Waals surface area contributed by atoms with Crippen LogP contribution in [0.1, 0.15) is 21.7 Å². The fourth-order valence-electron chi connectivity index (χ4n) is 1.77. The minimum atomic E-state index is -0.991. The number of carbonyl (C=O) groups is 1. The van der Waals surface area contributed by atoms with Gasteiger partial charge in [-0.15, -0.1) is 0 Å². The first-order valence-electron chi connectivity index (χ1n) is 5.04. The Morgan fingerprint density at radius 2 is 2.12 bits per heavy atom. The summed E-state index contributed by atoms with van der Waals surface area (Å²) in [6.07, 6.45) is 1.51. The maximum atomic E-state index is 11.2. The monoisotopic (exact) mass is 250 g/mol. The highest BCUT2D eigenvalue weighted by Gasteiger charge is 2.16. The molecule has 0 spiro atoms. The van der Waals surface area contributed by atoms with Gasteiger partial charge < -0.3 is 5.11 Å². The van der Waals surface area contributed by atoms with Gasteiger partial charge in [-0.25, -0.2) is 9.78 Å². The van der Waals surface area contributed by atoms with Crippen molar-refractivity contribution >= 4 is 17.6 Å². The van der Waals surface area contributed by atoms with Crippen molar-refractivity contribution in [3.8, 4) is 5.69 Å². The SMILES string of the molecule is Cc1cc(Cl)ccc1-n1cnc(C)c1C(=O)O. The van der Waals surface area contributed by atoms with Gasteiger partial charge in [0, 0.05) is 5.02 Å². The Bertz CT molecular complexity index is 590. The Balaban J connectivity index is 2.65. The van der Waals surface area contributed by atoms with Gasteiger partial charge in [0.1, 0.15) is 6.33 Å². The van der Waals surface area contributed by atoms with Crippen LogP contribution in [0.2, 0.25) is 5.02 Å². The van der Waals surface area contributed by atoms with E-state index < -0.39 is 5.97 Å². The van der Waals surface area contributed by atoms with Crippen LogP contribution in [-0.4, -0.2) is 20.6 Å². The largest absolute Gasteiger partial charge is 0.477 e. The number of nitrogens with zero attached hydrogens (tertiary/aromatic N) is 2. The zero-order chi connectivity index (χ0) is 12.6. The van der Waals surface area contributed by atoms with E-state index in [2.05, 4.69) is 4.98 Å². The molecule has 17 heavy (non-hydrogen) atoms. The number of aryl methyl sites for hydroxylation is 2. The van der Waals surface area contributed by atoms with Crippen molar-refractivity contribution in [2.45, 2.75) is 13.8 Å². The maximum absolute atomic E-state index is 11.2. The third-order valence-electron chi connectivity index (χ3n) is 2.57. The van der Waals surface area contributed by atoms with E-state index >= 15 is 0 Å². The van der Waals surface area contributed by atoms with Gasteiger partial charge in [0.2, 0.25) is 0 Å². The molecule has 88 valence electrons. The lowest BCUT2D eigenvalue weighted by atomic mass is 10.2. The van der Waals surface area contributed by atoms with E-state index in [1.54, 1.807) is 29.7 Å². The van der Waals surface area contributed by atoms with Crippen molar-refractivity contribution in [2.24, 2.45) is 0 Å². The number of hydrogen-bond donors (Lipinski definition) is 1. The van der Waals surface area contributed by atoms with Gasteiger partial charge >= 0.3 is 5.97 Å². The molecule has 0 aliphatic carbocycles. The lowest BCUT2D eigenvalue weighted by Gasteiger charge is -2.09. The minimum Gasteiger partial charge on any atom is -0.477 e. The molecule has 1 aromatic heterocycles. The number of benzene rings is 1. The first-order valence-corrected chi connectivity index (χ1v) is 5.42. The number of carboxylic acid groups (broad SMARTS) is 1. The second kappa shape index (κ2) is 4.22. The molecule has 0 fully saturated rings. The smallest absolute Gasteiger partial charge is 0.354 e. The summed E-state index contributed by atoms with van der Waals surface area (Å²) >= 11 is 5.87. The fraction of sp³-hybridized carbons (Fsp3) is 0.167. The number of carboxylic acids is 1. The average Bonchev–Trinajstić information content (AvgIpc) is 2.60. The van der Waals surface area contributed by atoms with Gasteiger partial charge in [0.25, 0.3) is 0 Å². The van der Waals surface area contributed by atoms with Crippen LogP contribution in [-0.2, 0) is 0 Å². The molecule has 2 rings (SSSR count). The van der Waals surface area contributed by atoms with Crippen molar-refractivity contribution in [2.75, 3.05) is 0 Å². The molecule has 1 aromatic carbocycles. The molecule has 0 atom stereocenters. The first kappa shape index (κ1) is 11.7. The van der Waals surface area contributed by atoms with E-state index in [1.165, 1.54) is 6.33 Å². The first-order chi connectivity index (χ1) is 8.00. The summed E-state index contributed by atoms with van der Waals surface area (Å²) in [4.78, 5) is 15.2.